The molecule has 0 aromatic carbocycles. The molecule has 1 unspecified atom stereocenters. The first kappa shape index (κ1) is 22.5. The van der Waals surface area contributed by atoms with Crippen molar-refractivity contribution in [2.45, 2.75) is 116 Å². The zero-order valence-electron chi connectivity index (χ0n) is 16.9. The molecule has 0 amide bonds. The summed E-state index contributed by atoms with van der Waals surface area (Å²) in [6.07, 6.45) is 7.99. The van der Waals surface area contributed by atoms with Crippen molar-refractivity contribution in [2.24, 2.45) is 17.8 Å². The number of alkyl halides is 3. The van der Waals surface area contributed by atoms with E-state index < -0.39 is 18.2 Å². The molecule has 0 aromatic rings. The second kappa shape index (κ2) is 11.3. The molecule has 27 heavy (non-hydrogen) atoms. The van der Waals surface area contributed by atoms with E-state index in [1.165, 1.54) is 44.9 Å². The van der Waals surface area contributed by atoms with Gasteiger partial charge in [0.15, 0.2) is 6.10 Å². The standard InChI is InChI=1S/C22H37F3O2/c1-2-3-12-21(26)27-20(22(23,24)25)11-7-8-17-13-15-19(16-14-17)18-9-5-4-6-10-18/h17-20H,2-16H2,1H3/t17-,19-,20?. The van der Waals surface area contributed by atoms with Gasteiger partial charge in [-0.2, -0.15) is 13.2 Å². The lowest BCUT2D eigenvalue weighted by Gasteiger charge is -2.36. The van der Waals surface area contributed by atoms with E-state index in [1.54, 1.807) is 0 Å². The van der Waals surface area contributed by atoms with E-state index in [4.69, 9.17) is 4.74 Å². The molecule has 0 spiro atoms. The molecule has 0 bridgehead atoms. The minimum absolute atomic E-state index is 0.0776. The molecule has 0 N–H and O–H groups in total. The van der Waals surface area contributed by atoms with Crippen molar-refractivity contribution in [3.8, 4) is 0 Å². The summed E-state index contributed by atoms with van der Waals surface area (Å²) in [5.41, 5.74) is 0. The van der Waals surface area contributed by atoms with Gasteiger partial charge >= 0.3 is 12.1 Å². The Morgan fingerprint density at radius 1 is 0.963 bits per heavy atom. The molecule has 2 saturated carbocycles. The lowest BCUT2D eigenvalue weighted by atomic mass is 9.70. The highest BCUT2D eigenvalue weighted by molar-refractivity contribution is 5.69. The van der Waals surface area contributed by atoms with Crippen LogP contribution in [-0.2, 0) is 9.53 Å². The number of rotatable bonds is 9. The van der Waals surface area contributed by atoms with E-state index in [-0.39, 0.29) is 12.8 Å². The molecule has 0 aromatic heterocycles. The number of halogens is 3. The number of esters is 1. The van der Waals surface area contributed by atoms with Crippen molar-refractivity contribution in [3.05, 3.63) is 0 Å². The van der Waals surface area contributed by atoms with Crippen LogP contribution in [0.3, 0.4) is 0 Å². The van der Waals surface area contributed by atoms with Gasteiger partial charge in [0.2, 0.25) is 0 Å². The first-order chi connectivity index (χ1) is 12.9. The highest BCUT2D eigenvalue weighted by Crippen LogP contribution is 2.41. The summed E-state index contributed by atoms with van der Waals surface area (Å²) in [6.45, 7) is 1.90. The summed E-state index contributed by atoms with van der Waals surface area (Å²) < 4.78 is 44.2. The fourth-order valence-electron chi connectivity index (χ4n) is 4.97. The largest absolute Gasteiger partial charge is 0.453 e. The lowest BCUT2D eigenvalue weighted by molar-refractivity contribution is -0.223. The van der Waals surface area contributed by atoms with Gasteiger partial charge in [0.1, 0.15) is 0 Å². The Morgan fingerprint density at radius 2 is 1.59 bits per heavy atom. The molecule has 2 nitrogen and oxygen atoms in total. The number of ether oxygens (including phenoxy) is 1. The van der Waals surface area contributed by atoms with Crippen LogP contribution in [0.4, 0.5) is 13.2 Å². The first-order valence-electron chi connectivity index (χ1n) is 11.2. The van der Waals surface area contributed by atoms with Crippen LogP contribution in [0.15, 0.2) is 0 Å². The summed E-state index contributed by atoms with van der Waals surface area (Å²) in [6, 6.07) is 0. The van der Waals surface area contributed by atoms with Gasteiger partial charge in [0.25, 0.3) is 0 Å². The average molecular weight is 391 g/mol. The van der Waals surface area contributed by atoms with Gasteiger partial charge in [-0.15, -0.1) is 0 Å². The van der Waals surface area contributed by atoms with Crippen LogP contribution in [0.25, 0.3) is 0 Å². The van der Waals surface area contributed by atoms with Gasteiger partial charge in [-0.1, -0.05) is 64.7 Å². The Morgan fingerprint density at radius 3 is 2.19 bits per heavy atom. The van der Waals surface area contributed by atoms with E-state index >= 15 is 0 Å². The molecule has 0 aliphatic heterocycles. The van der Waals surface area contributed by atoms with Gasteiger partial charge < -0.3 is 4.74 Å². The maximum Gasteiger partial charge on any atom is 0.425 e. The average Bonchev–Trinajstić information content (AvgIpc) is 2.66. The molecule has 2 fully saturated rings. The van der Waals surface area contributed by atoms with Crippen molar-refractivity contribution in [1.29, 1.82) is 0 Å². The first-order valence-corrected chi connectivity index (χ1v) is 11.2. The number of unbranched alkanes of at least 4 members (excludes halogenated alkanes) is 1. The maximum atomic E-state index is 13.1. The number of hydrogen-bond donors (Lipinski definition) is 0. The van der Waals surface area contributed by atoms with Crippen molar-refractivity contribution >= 4 is 5.97 Å². The van der Waals surface area contributed by atoms with Crippen LogP contribution in [0.5, 0.6) is 0 Å². The fraction of sp³-hybridized carbons (Fsp3) is 0.955. The Labute approximate surface area is 162 Å². The van der Waals surface area contributed by atoms with Gasteiger partial charge in [0.05, 0.1) is 0 Å². The monoisotopic (exact) mass is 390 g/mol. The van der Waals surface area contributed by atoms with Gasteiger partial charge in [-0.05, 0) is 49.9 Å². The van der Waals surface area contributed by atoms with E-state index in [2.05, 4.69) is 0 Å². The van der Waals surface area contributed by atoms with E-state index in [0.717, 1.165) is 37.5 Å². The molecule has 2 aliphatic carbocycles. The number of hydrogen-bond acceptors (Lipinski definition) is 2. The zero-order valence-corrected chi connectivity index (χ0v) is 16.9. The molecule has 158 valence electrons. The second-order valence-corrected chi connectivity index (χ2v) is 8.73. The Kier molecular flexibility index (Phi) is 9.44. The Bertz CT molecular complexity index is 422. The Balaban J connectivity index is 1.68. The molecular weight excluding hydrogens is 353 g/mol. The molecular formula is C22H37F3O2. The number of carbonyl (C=O) groups is 1. The molecule has 0 radical (unpaired) electrons. The highest BCUT2D eigenvalue weighted by Gasteiger charge is 2.42. The minimum Gasteiger partial charge on any atom is -0.453 e. The summed E-state index contributed by atoms with van der Waals surface area (Å²) in [4.78, 5) is 11.6. The normalized spacial score (nSPS) is 25.9. The highest BCUT2D eigenvalue weighted by atomic mass is 19.4. The van der Waals surface area contributed by atoms with Gasteiger partial charge in [-0.3, -0.25) is 4.79 Å². The predicted octanol–water partition coefficient (Wildman–Crippen LogP) is 7.21. The molecule has 2 rings (SSSR count). The number of carbonyl (C=O) groups excluding carboxylic acids is 1. The summed E-state index contributed by atoms with van der Waals surface area (Å²) in [5.74, 6) is 1.59. The fourth-order valence-corrected chi connectivity index (χ4v) is 4.97. The van der Waals surface area contributed by atoms with Crippen LogP contribution >= 0.6 is 0 Å². The maximum absolute atomic E-state index is 13.1. The smallest absolute Gasteiger partial charge is 0.425 e. The van der Waals surface area contributed by atoms with Gasteiger partial charge in [-0.25, -0.2) is 0 Å². The molecule has 2 aliphatic rings. The predicted molar refractivity (Wildman–Crippen MR) is 101 cm³/mol. The second-order valence-electron chi connectivity index (χ2n) is 8.73. The minimum atomic E-state index is -4.46. The van der Waals surface area contributed by atoms with Crippen molar-refractivity contribution in [2.75, 3.05) is 0 Å². The Hall–Kier alpha value is -0.740. The van der Waals surface area contributed by atoms with Crippen molar-refractivity contribution in [3.63, 3.8) is 0 Å². The quantitative estimate of drug-likeness (QED) is 0.389. The zero-order chi connectivity index (χ0) is 19.7. The van der Waals surface area contributed by atoms with E-state index in [1.807, 2.05) is 6.92 Å². The van der Waals surface area contributed by atoms with Crippen LogP contribution in [0, 0.1) is 17.8 Å². The van der Waals surface area contributed by atoms with Gasteiger partial charge in [0, 0.05) is 6.42 Å². The van der Waals surface area contributed by atoms with Crippen LogP contribution in [0.1, 0.15) is 103 Å². The third-order valence-corrected chi connectivity index (χ3v) is 6.66. The van der Waals surface area contributed by atoms with Crippen LogP contribution in [0.2, 0.25) is 0 Å². The third-order valence-electron chi connectivity index (χ3n) is 6.66. The van der Waals surface area contributed by atoms with Crippen LogP contribution < -0.4 is 0 Å². The summed E-state index contributed by atoms with van der Waals surface area (Å²) >= 11 is 0. The summed E-state index contributed by atoms with van der Waals surface area (Å²) in [5, 5.41) is 0. The third kappa shape index (κ3) is 8.03. The van der Waals surface area contributed by atoms with Crippen molar-refractivity contribution < 1.29 is 22.7 Å². The molecule has 0 saturated heterocycles. The molecule has 5 heteroatoms. The topological polar surface area (TPSA) is 26.3 Å². The van der Waals surface area contributed by atoms with Crippen LogP contribution in [-0.4, -0.2) is 18.2 Å². The van der Waals surface area contributed by atoms with E-state index in [0.29, 0.717) is 18.8 Å². The SMILES string of the molecule is CCCCC(=O)OC(CCC[C@H]1CC[C@H](C2CCCCC2)CC1)C(F)(F)F. The van der Waals surface area contributed by atoms with E-state index in [9.17, 15) is 18.0 Å². The lowest BCUT2D eigenvalue weighted by Crippen LogP contribution is -2.34. The molecule has 1 atom stereocenters. The molecule has 0 heterocycles. The van der Waals surface area contributed by atoms with Crippen molar-refractivity contribution in [1.82, 2.24) is 0 Å². The summed E-state index contributed by atoms with van der Waals surface area (Å²) in [7, 11) is 0.